The lowest BCUT2D eigenvalue weighted by atomic mass is 9.90. The minimum Gasteiger partial charge on any atom is -0.381 e. The van der Waals surface area contributed by atoms with Crippen molar-refractivity contribution in [3.63, 3.8) is 0 Å². The van der Waals surface area contributed by atoms with Crippen molar-refractivity contribution in [2.45, 2.75) is 45.1 Å². The summed E-state index contributed by atoms with van der Waals surface area (Å²) in [7, 11) is 0. The van der Waals surface area contributed by atoms with Gasteiger partial charge in [-0.25, -0.2) is 0 Å². The monoisotopic (exact) mass is 277 g/mol. The van der Waals surface area contributed by atoms with Crippen LogP contribution < -0.4 is 5.32 Å². The maximum absolute atomic E-state index is 12.0. The van der Waals surface area contributed by atoms with Gasteiger partial charge in [-0.15, -0.1) is 0 Å². The Balaban J connectivity index is 1.77. The van der Waals surface area contributed by atoms with Crippen LogP contribution in [0, 0.1) is 5.92 Å². The molecule has 1 N–H and O–H groups in total. The van der Waals surface area contributed by atoms with Crippen LogP contribution in [0.1, 0.15) is 38.3 Å². The van der Waals surface area contributed by atoms with Gasteiger partial charge in [0.15, 0.2) is 0 Å². The van der Waals surface area contributed by atoms with Crippen molar-refractivity contribution in [3.05, 3.63) is 24.3 Å². The number of ether oxygens (including phenoxy) is 1. The number of hydrogen-bond donors (Lipinski definition) is 1. The summed E-state index contributed by atoms with van der Waals surface area (Å²) in [6, 6.07) is 0.272. The number of nitrogens with zero attached hydrogens (tertiary/aromatic N) is 2. The maximum Gasteiger partial charge on any atom is 0.220 e. The lowest BCUT2D eigenvalue weighted by Gasteiger charge is -2.30. The third-order valence-electron chi connectivity index (χ3n) is 3.85. The SMILES string of the molecule is CC[C@@H](NC(=O)CCc1cnccn1)C1CCOCC1. The number of aryl methyl sites for hydroxylation is 1. The molecule has 1 aromatic rings. The van der Waals surface area contributed by atoms with Crippen molar-refractivity contribution in [1.29, 1.82) is 0 Å². The fraction of sp³-hybridized carbons (Fsp3) is 0.667. The molecule has 1 atom stereocenters. The molecule has 2 rings (SSSR count). The second-order valence-electron chi connectivity index (χ2n) is 5.23. The van der Waals surface area contributed by atoms with Crippen LogP contribution in [-0.2, 0) is 16.0 Å². The van der Waals surface area contributed by atoms with Gasteiger partial charge in [-0.1, -0.05) is 6.92 Å². The van der Waals surface area contributed by atoms with Gasteiger partial charge in [-0.05, 0) is 31.6 Å². The van der Waals surface area contributed by atoms with Crippen molar-refractivity contribution in [2.24, 2.45) is 5.92 Å². The Kier molecular flexibility index (Phi) is 5.92. The van der Waals surface area contributed by atoms with E-state index in [-0.39, 0.29) is 11.9 Å². The molecule has 1 aliphatic rings. The van der Waals surface area contributed by atoms with E-state index >= 15 is 0 Å². The second kappa shape index (κ2) is 7.94. The zero-order valence-corrected chi connectivity index (χ0v) is 12.0. The molecule has 1 amide bonds. The molecule has 0 bridgehead atoms. The Morgan fingerprint density at radius 1 is 1.45 bits per heavy atom. The molecule has 5 heteroatoms. The summed E-state index contributed by atoms with van der Waals surface area (Å²) in [5.41, 5.74) is 0.863. The predicted octanol–water partition coefficient (Wildman–Crippen LogP) is 1.73. The van der Waals surface area contributed by atoms with Crippen LogP contribution in [0.25, 0.3) is 0 Å². The fourth-order valence-corrected chi connectivity index (χ4v) is 2.65. The smallest absolute Gasteiger partial charge is 0.220 e. The first-order valence-electron chi connectivity index (χ1n) is 7.41. The van der Waals surface area contributed by atoms with Crippen LogP contribution >= 0.6 is 0 Å². The Bertz CT molecular complexity index is 405. The molecular formula is C15H23N3O2. The highest BCUT2D eigenvalue weighted by molar-refractivity contribution is 5.76. The second-order valence-corrected chi connectivity index (χ2v) is 5.23. The largest absolute Gasteiger partial charge is 0.381 e. The normalized spacial score (nSPS) is 17.6. The van der Waals surface area contributed by atoms with Gasteiger partial charge in [0.05, 0.1) is 5.69 Å². The summed E-state index contributed by atoms with van der Waals surface area (Å²) < 4.78 is 5.38. The van der Waals surface area contributed by atoms with Crippen molar-refractivity contribution < 1.29 is 9.53 Å². The van der Waals surface area contributed by atoms with E-state index in [0.29, 0.717) is 18.8 Å². The predicted molar refractivity (Wildman–Crippen MR) is 76.1 cm³/mol. The van der Waals surface area contributed by atoms with Gasteiger partial charge in [-0.3, -0.25) is 14.8 Å². The molecule has 2 heterocycles. The van der Waals surface area contributed by atoms with Crippen molar-refractivity contribution in [1.82, 2.24) is 15.3 Å². The molecule has 0 aliphatic carbocycles. The molecule has 110 valence electrons. The fourth-order valence-electron chi connectivity index (χ4n) is 2.65. The first-order chi connectivity index (χ1) is 9.79. The lowest BCUT2D eigenvalue weighted by molar-refractivity contribution is -0.122. The van der Waals surface area contributed by atoms with Gasteiger partial charge in [0.2, 0.25) is 5.91 Å². The van der Waals surface area contributed by atoms with Crippen molar-refractivity contribution >= 4 is 5.91 Å². The van der Waals surface area contributed by atoms with E-state index in [1.165, 1.54) is 0 Å². The molecule has 1 fully saturated rings. The summed E-state index contributed by atoms with van der Waals surface area (Å²) >= 11 is 0. The zero-order valence-electron chi connectivity index (χ0n) is 12.0. The van der Waals surface area contributed by atoms with Gasteiger partial charge < -0.3 is 10.1 Å². The molecule has 1 aromatic heterocycles. The van der Waals surface area contributed by atoms with Gasteiger partial charge in [0, 0.05) is 44.3 Å². The van der Waals surface area contributed by atoms with Crippen molar-refractivity contribution in [2.75, 3.05) is 13.2 Å². The van der Waals surface area contributed by atoms with E-state index in [0.717, 1.165) is 38.2 Å². The van der Waals surface area contributed by atoms with Crippen LogP contribution in [0.4, 0.5) is 0 Å². The van der Waals surface area contributed by atoms with E-state index < -0.39 is 0 Å². The molecule has 0 saturated carbocycles. The summed E-state index contributed by atoms with van der Waals surface area (Å²) in [5, 5.41) is 3.16. The quantitative estimate of drug-likeness (QED) is 0.860. The molecule has 5 nitrogen and oxygen atoms in total. The highest BCUT2D eigenvalue weighted by Gasteiger charge is 2.23. The van der Waals surface area contributed by atoms with E-state index in [2.05, 4.69) is 22.2 Å². The van der Waals surface area contributed by atoms with Crippen LogP contribution in [0.5, 0.6) is 0 Å². The first-order valence-corrected chi connectivity index (χ1v) is 7.41. The van der Waals surface area contributed by atoms with Crippen molar-refractivity contribution in [3.8, 4) is 0 Å². The number of carbonyl (C=O) groups excluding carboxylic acids is 1. The summed E-state index contributed by atoms with van der Waals surface area (Å²) in [4.78, 5) is 20.2. The van der Waals surface area contributed by atoms with Crippen LogP contribution in [0.15, 0.2) is 18.6 Å². The molecule has 0 unspecified atom stereocenters. The van der Waals surface area contributed by atoms with Gasteiger partial charge in [0.1, 0.15) is 0 Å². The number of hydrogen-bond acceptors (Lipinski definition) is 4. The molecule has 1 saturated heterocycles. The average Bonchev–Trinajstić information content (AvgIpc) is 2.52. The Morgan fingerprint density at radius 2 is 2.25 bits per heavy atom. The lowest BCUT2D eigenvalue weighted by Crippen LogP contribution is -2.42. The van der Waals surface area contributed by atoms with E-state index in [4.69, 9.17) is 4.74 Å². The Morgan fingerprint density at radius 3 is 2.90 bits per heavy atom. The molecule has 1 aliphatic heterocycles. The van der Waals surface area contributed by atoms with E-state index in [1.807, 2.05) is 0 Å². The first kappa shape index (κ1) is 14.9. The molecular weight excluding hydrogens is 254 g/mol. The third kappa shape index (κ3) is 4.56. The zero-order chi connectivity index (χ0) is 14.2. The minimum atomic E-state index is 0.106. The number of aromatic nitrogens is 2. The van der Waals surface area contributed by atoms with Crippen LogP contribution in [0.3, 0.4) is 0 Å². The number of nitrogens with one attached hydrogen (secondary N) is 1. The Labute approximate surface area is 120 Å². The maximum atomic E-state index is 12.0. The minimum absolute atomic E-state index is 0.106. The number of amides is 1. The van der Waals surface area contributed by atoms with E-state index in [1.54, 1.807) is 18.6 Å². The molecule has 0 aromatic carbocycles. The molecule has 20 heavy (non-hydrogen) atoms. The topological polar surface area (TPSA) is 64.1 Å². The van der Waals surface area contributed by atoms with E-state index in [9.17, 15) is 4.79 Å². The standard InChI is InChI=1S/C15H23N3O2/c1-2-14(12-5-9-20-10-6-12)18-15(19)4-3-13-11-16-7-8-17-13/h7-8,11-12,14H,2-6,9-10H2,1H3,(H,18,19)/t14-/m1/s1. The summed E-state index contributed by atoms with van der Waals surface area (Å²) in [6.45, 7) is 3.76. The highest BCUT2D eigenvalue weighted by atomic mass is 16.5. The summed E-state index contributed by atoms with van der Waals surface area (Å²) in [5.74, 6) is 0.656. The molecule has 0 radical (unpaired) electrons. The van der Waals surface area contributed by atoms with Crippen LogP contribution in [-0.4, -0.2) is 35.1 Å². The third-order valence-corrected chi connectivity index (χ3v) is 3.85. The van der Waals surface area contributed by atoms with Gasteiger partial charge in [-0.2, -0.15) is 0 Å². The summed E-state index contributed by atoms with van der Waals surface area (Å²) in [6.07, 6.45) is 9.19. The number of rotatable bonds is 6. The highest BCUT2D eigenvalue weighted by Crippen LogP contribution is 2.20. The average molecular weight is 277 g/mol. The number of carbonyl (C=O) groups is 1. The Hall–Kier alpha value is -1.49. The molecule has 0 spiro atoms. The van der Waals surface area contributed by atoms with Crippen LogP contribution in [0.2, 0.25) is 0 Å². The van der Waals surface area contributed by atoms with Gasteiger partial charge >= 0.3 is 0 Å². The van der Waals surface area contributed by atoms with Gasteiger partial charge in [0.25, 0.3) is 0 Å².